The highest BCUT2D eigenvalue weighted by atomic mass is 16.6. The van der Waals surface area contributed by atoms with Crippen molar-refractivity contribution in [1.82, 2.24) is 0 Å². The second kappa shape index (κ2) is 7.74. The predicted octanol–water partition coefficient (Wildman–Crippen LogP) is 4.07. The molecule has 0 amide bonds. The van der Waals surface area contributed by atoms with Crippen LogP contribution in [0.25, 0.3) is 0 Å². The molecule has 6 heteroatoms. The van der Waals surface area contributed by atoms with Gasteiger partial charge in [0.2, 0.25) is 0 Å². The first-order chi connectivity index (χ1) is 12.5. The van der Waals surface area contributed by atoms with Gasteiger partial charge in [-0.05, 0) is 49.6 Å². The van der Waals surface area contributed by atoms with Crippen molar-refractivity contribution in [2.75, 3.05) is 32.2 Å². The van der Waals surface area contributed by atoms with Gasteiger partial charge in [0.1, 0.15) is 5.75 Å². The van der Waals surface area contributed by atoms with Crippen molar-refractivity contribution in [3.05, 3.63) is 63.7 Å². The molecule has 0 saturated carbocycles. The van der Waals surface area contributed by atoms with Gasteiger partial charge in [0.15, 0.2) is 0 Å². The zero-order chi connectivity index (χ0) is 18.6. The van der Waals surface area contributed by atoms with Crippen LogP contribution in [0.1, 0.15) is 24.0 Å². The minimum atomic E-state index is -0.351. The molecular weight excluding hydrogens is 332 g/mol. The van der Waals surface area contributed by atoms with E-state index in [0.29, 0.717) is 5.56 Å². The molecule has 1 aliphatic heterocycles. The number of anilines is 1. The van der Waals surface area contributed by atoms with Crippen LogP contribution in [0.3, 0.4) is 0 Å². The minimum absolute atomic E-state index is 0.0276. The molecule has 0 unspecified atom stereocenters. The lowest BCUT2D eigenvalue weighted by molar-refractivity contribution is -0.385. The van der Waals surface area contributed by atoms with Crippen LogP contribution in [0.5, 0.6) is 5.75 Å². The molecular formula is C20H24N2O4. The van der Waals surface area contributed by atoms with Crippen LogP contribution in [-0.2, 0) is 10.2 Å². The van der Waals surface area contributed by atoms with Gasteiger partial charge in [-0.1, -0.05) is 12.1 Å². The van der Waals surface area contributed by atoms with E-state index in [1.165, 1.54) is 5.56 Å². The molecule has 6 nitrogen and oxygen atoms in total. The Morgan fingerprint density at radius 2 is 1.88 bits per heavy atom. The van der Waals surface area contributed by atoms with Crippen molar-refractivity contribution in [1.29, 1.82) is 0 Å². The van der Waals surface area contributed by atoms with E-state index < -0.39 is 0 Å². The highest BCUT2D eigenvalue weighted by molar-refractivity contribution is 5.54. The fourth-order valence-electron chi connectivity index (χ4n) is 3.52. The van der Waals surface area contributed by atoms with Crippen molar-refractivity contribution in [2.24, 2.45) is 0 Å². The molecule has 1 aliphatic rings. The summed E-state index contributed by atoms with van der Waals surface area (Å²) in [6.45, 7) is 3.97. The third-order valence-electron chi connectivity index (χ3n) is 5.18. The Morgan fingerprint density at radius 3 is 2.46 bits per heavy atom. The Kier molecular flexibility index (Phi) is 5.42. The quantitative estimate of drug-likeness (QED) is 0.624. The van der Waals surface area contributed by atoms with E-state index in [2.05, 4.69) is 17.4 Å². The van der Waals surface area contributed by atoms with E-state index in [1.807, 2.05) is 18.2 Å². The normalized spacial score (nSPS) is 16.1. The maximum atomic E-state index is 11.0. The van der Waals surface area contributed by atoms with E-state index in [1.54, 1.807) is 26.2 Å². The minimum Gasteiger partial charge on any atom is -0.497 e. The van der Waals surface area contributed by atoms with Gasteiger partial charge in [-0.2, -0.15) is 0 Å². The molecule has 2 aromatic carbocycles. The fraction of sp³-hybridized carbons (Fsp3) is 0.400. The number of aryl methyl sites for hydroxylation is 1. The van der Waals surface area contributed by atoms with Crippen molar-refractivity contribution in [3.63, 3.8) is 0 Å². The summed E-state index contributed by atoms with van der Waals surface area (Å²) in [5.74, 6) is 0.843. The third kappa shape index (κ3) is 3.80. The van der Waals surface area contributed by atoms with Gasteiger partial charge in [-0.25, -0.2) is 0 Å². The smallest absolute Gasteiger partial charge is 0.272 e. The Bertz CT molecular complexity index is 768. The summed E-state index contributed by atoms with van der Waals surface area (Å²) in [6, 6.07) is 13.4. The lowest BCUT2D eigenvalue weighted by Gasteiger charge is -2.38. The first-order valence-electron chi connectivity index (χ1n) is 8.75. The molecule has 1 heterocycles. The Balaban J connectivity index is 1.80. The molecule has 0 aliphatic carbocycles. The van der Waals surface area contributed by atoms with Crippen LogP contribution < -0.4 is 10.1 Å². The van der Waals surface area contributed by atoms with Crippen molar-refractivity contribution >= 4 is 11.4 Å². The van der Waals surface area contributed by atoms with Gasteiger partial charge < -0.3 is 14.8 Å². The lowest BCUT2D eigenvalue weighted by atomic mass is 9.74. The van der Waals surface area contributed by atoms with Crippen LogP contribution in [0.2, 0.25) is 0 Å². The number of nitro benzene ring substituents is 1. The number of benzene rings is 2. The van der Waals surface area contributed by atoms with Gasteiger partial charge >= 0.3 is 0 Å². The van der Waals surface area contributed by atoms with Crippen molar-refractivity contribution < 1.29 is 14.4 Å². The first-order valence-corrected chi connectivity index (χ1v) is 8.75. The van der Waals surface area contributed by atoms with Crippen LogP contribution in [0.15, 0.2) is 42.5 Å². The molecule has 1 saturated heterocycles. The maximum absolute atomic E-state index is 11.0. The summed E-state index contributed by atoms with van der Waals surface area (Å²) in [6.07, 6.45) is 1.86. The molecule has 0 bridgehead atoms. The molecule has 0 atom stereocenters. The van der Waals surface area contributed by atoms with Gasteiger partial charge in [0.05, 0.1) is 12.0 Å². The summed E-state index contributed by atoms with van der Waals surface area (Å²) in [4.78, 5) is 10.6. The summed E-state index contributed by atoms with van der Waals surface area (Å²) < 4.78 is 10.8. The summed E-state index contributed by atoms with van der Waals surface area (Å²) in [5, 5.41) is 14.5. The Hall–Kier alpha value is -2.60. The summed E-state index contributed by atoms with van der Waals surface area (Å²) in [5.41, 5.74) is 2.93. The highest BCUT2D eigenvalue weighted by Crippen LogP contribution is 2.36. The van der Waals surface area contributed by atoms with Gasteiger partial charge in [-0.15, -0.1) is 0 Å². The van der Waals surface area contributed by atoms with Crippen LogP contribution in [-0.4, -0.2) is 31.8 Å². The topological polar surface area (TPSA) is 73.6 Å². The monoisotopic (exact) mass is 356 g/mol. The Morgan fingerprint density at radius 1 is 1.19 bits per heavy atom. The number of ether oxygens (including phenoxy) is 2. The molecule has 0 spiro atoms. The molecule has 26 heavy (non-hydrogen) atoms. The van der Waals surface area contributed by atoms with E-state index in [9.17, 15) is 10.1 Å². The number of nitro groups is 1. The van der Waals surface area contributed by atoms with Crippen molar-refractivity contribution in [2.45, 2.75) is 25.2 Å². The molecule has 2 aromatic rings. The molecule has 0 radical (unpaired) electrons. The van der Waals surface area contributed by atoms with E-state index in [-0.39, 0.29) is 16.0 Å². The third-order valence-corrected chi connectivity index (χ3v) is 5.18. The Labute approximate surface area is 153 Å². The SMILES string of the molecule is COc1ccc(C2(CNc3ccc([N+](=O)[O-])c(C)c3)CCOCC2)cc1. The molecule has 0 aromatic heterocycles. The average molecular weight is 356 g/mol. The van der Waals surface area contributed by atoms with Gasteiger partial charge in [-0.3, -0.25) is 10.1 Å². The predicted molar refractivity (Wildman–Crippen MR) is 101 cm³/mol. The standard InChI is InChI=1S/C20H24N2O4/c1-15-13-17(5-8-19(15)22(23)24)21-14-20(9-11-26-12-10-20)16-3-6-18(25-2)7-4-16/h3-8,13,21H,9-12,14H2,1-2H3. The maximum Gasteiger partial charge on any atom is 0.272 e. The second-order valence-electron chi connectivity index (χ2n) is 6.73. The van der Waals surface area contributed by atoms with E-state index >= 15 is 0 Å². The number of methoxy groups -OCH3 is 1. The average Bonchev–Trinajstić information content (AvgIpc) is 2.67. The van der Waals surface area contributed by atoms with Crippen LogP contribution in [0, 0.1) is 17.0 Å². The number of hydrogen-bond donors (Lipinski definition) is 1. The molecule has 138 valence electrons. The number of nitrogens with zero attached hydrogens (tertiary/aromatic N) is 1. The molecule has 1 fully saturated rings. The van der Waals surface area contributed by atoms with Crippen LogP contribution >= 0.6 is 0 Å². The molecule has 3 rings (SSSR count). The zero-order valence-electron chi connectivity index (χ0n) is 15.2. The highest BCUT2D eigenvalue weighted by Gasteiger charge is 2.34. The van der Waals surface area contributed by atoms with Crippen molar-refractivity contribution in [3.8, 4) is 5.75 Å². The van der Waals surface area contributed by atoms with E-state index in [0.717, 1.165) is 44.0 Å². The van der Waals surface area contributed by atoms with Crippen LogP contribution in [0.4, 0.5) is 11.4 Å². The number of rotatable bonds is 6. The van der Waals surface area contributed by atoms with E-state index in [4.69, 9.17) is 9.47 Å². The van der Waals surface area contributed by atoms with Gasteiger partial charge in [0, 0.05) is 42.5 Å². The van der Waals surface area contributed by atoms with Gasteiger partial charge in [0.25, 0.3) is 5.69 Å². The largest absolute Gasteiger partial charge is 0.497 e. The summed E-state index contributed by atoms with van der Waals surface area (Å²) in [7, 11) is 1.66. The number of hydrogen-bond acceptors (Lipinski definition) is 5. The fourth-order valence-corrected chi connectivity index (χ4v) is 3.52. The second-order valence-corrected chi connectivity index (χ2v) is 6.73. The zero-order valence-corrected chi connectivity index (χ0v) is 15.2. The summed E-state index contributed by atoms with van der Waals surface area (Å²) >= 11 is 0. The first kappa shape index (κ1) is 18.2. The lowest BCUT2D eigenvalue weighted by Crippen LogP contribution is -2.40. The number of nitrogens with one attached hydrogen (secondary N) is 1. The molecule has 1 N–H and O–H groups in total.